The lowest BCUT2D eigenvalue weighted by Crippen LogP contribution is -2.19. The Morgan fingerprint density at radius 1 is 1.20 bits per heavy atom. The maximum absolute atomic E-state index is 13.1. The van der Waals surface area contributed by atoms with Gasteiger partial charge in [-0.15, -0.1) is 0 Å². The Morgan fingerprint density at radius 3 is 2.84 bits per heavy atom. The van der Waals surface area contributed by atoms with Crippen LogP contribution in [0.4, 0.5) is 0 Å². The average Bonchev–Trinajstić information content (AvgIpc) is 3.06. The molecule has 3 heterocycles. The fourth-order valence-electron chi connectivity index (χ4n) is 3.10. The molecule has 5 nitrogen and oxygen atoms in total. The van der Waals surface area contributed by atoms with E-state index in [4.69, 9.17) is 11.6 Å². The highest BCUT2D eigenvalue weighted by Crippen LogP contribution is 2.32. The molecule has 0 atom stereocenters. The van der Waals surface area contributed by atoms with Gasteiger partial charge in [0, 0.05) is 29.5 Å². The molecule has 7 heteroatoms. The van der Waals surface area contributed by atoms with Gasteiger partial charge in [-0.2, -0.15) is 0 Å². The quantitative estimate of drug-likeness (QED) is 0.737. The minimum atomic E-state index is -3.69. The van der Waals surface area contributed by atoms with Gasteiger partial charge in [-0.1, -0.05) is 23.7 Å². The van der Waals surface area contributed by atoms with Crippen LogP contribution in [0.5, 0.6) is 0 Å². The van der Waals surface area contributed by atoms with E-state index in [9.17, 15) is 8.42 Å². The van der Waals surface area contributed by atoms with Gasteiger partial charge in [-0.25, -0.2) is 8.42 Å². The van der Waals surface area contributed by atoms with Gasteiger partial charge in [0.25, 0.3) is 0 Å². The molecule has 1 aromatic carbocycles. The predicted octanol–water partition coefficient (Wildman–Crippen LogP) is 3.43. The molecule has 0 aliphatic carbocycles. The largest absolute Gasteiger partial charge is 0.358 e. The second kappa shape index (κ2) is 6.29. The number of aromatic amines is 1. The maximum atomic E-state index is 13.1. The van der Waals surface area contributed by atoms with Crippen LogP contribution in [-0.4, -0.2) is 31.5 Å². The van der Waals surface area contributed by atoms with Crippen LogP contribution in [0.1, 0.15) is 12.0 Å². The van der Waals surface area contributed by atoms with Crippen molar-refractivity contribution < 1.29 is 8.42 Å². The molecule has 0 saturated heterocycles. The monoisotopic (exact) mass is 373 g/mol. The molecule has 128 valence electrons. The van der Waals surface area contributed by atoms with Crippen LogP contribution in [0.2, 0.25) is 5.02 Å². The number of H-pyrrole nitrogens is 1. The van der Waals surface area contributed by atoms with E-state index in [1.54, 1.807) is 24.4 Å². The second-order valence-corrected chi connectivity index (χ2v) is 8.23. The van der Waals surface area contributed by atoms with Crippen LogP contribution >= 0.6 is 11.6 Å². The molecule has 25 heavy (non-hydrogen) atoms. The summed E-state index contributed by atoms with van der Waals surface area (Å²) >= 11 is 5.96. The van der Waals surface area contributed by atoms with Crippen LogP contribution in [0, 0.1) is 0 Å². The van der Waals surface area contributed by atoms with Crippen molar-refractivity contribution in [2.75, 3.05) is 13.1 Å². The van der Waals surface area contributed by atoms with Crippen molar-refractivity contribution in [2.45, 2.75) is 16.2 Å². The first-order chi connectivity index (χ1) is 12.1. The lowest BCUT2D eigenvalue weighted by molar-refractivity contribution is 0.596. The van der Waals surface area contributed by atoms with Gasteiger partial charge in [0.15, 0.2) is 0 Å². The van der Waals surface area contributed by atoms with Gasteiger partial charge in [0.1, 0.15) is 0 Å². The number of sulfone groups is 1. The molecule has 2 aromatic heterocycles. The van der Waals surface area contributed by atoms with Crippen molar-refractivity contribution in [2.24, 2.45) is 0 Å². The Hall–Kier alpha value is -2.15. The van der Waals surface area contributed by atoms with E-state index in [1.165, 1.54) is 17.7 Å². The van der Waals surface area contributed by atoms with Gasteiger partial charge >= 0.3 is 0 Å². The number of benzene rings is 1. The van der Waals surface area contributed by atoms with E-state index < -0.39 is 9.84 Å². The van der Waals surface area contributed by atoms with Crippen LogP contribution in [-0.2, 0) is 9.84 Å². The smallest absolute Gasteiger partial charge is 0.208 e. The van der Waals surface area contributed by atoms with E-state index in [1.807, 2.05) is 6.20 Å². The molecule has 0 fully saturated rings. The van der Waals surface area contributed by atoms with E-state index in [2.05, 4.69) is 21.4 Å². The zero-order chi connectivity index (χ0) is 17.4. The zero-order valence-corrected chi connectivity index (χ0v) is 14.9. The van der Waals surface area contributed by atoms with Crippen LogP contribution in [0.15, 0.2) is 58.6 Å². The number of pyridine rings is 1. The summed E-state index contributed by atoms with van der Waals surface area (Å²) in [7, 11) is -3.69. The summed E-state index contributed by atoms with van der Waals surface area (Å²) in [6.45, 7) is 1.71. The molecule has 0 bridgehead atoms. The number of halogens is 1. The first-order valence-electron chi connectivity index (χ1n) is 7.94. The van der Waals surface area contributed by atoms with Crippen molar-refractivity contribution in [3.05, 3.63) is 59.4 Å². The molecule has 0 spiro atoms. The summed E-state index contributed by atoms with van der Waals surface area (Å²) in [5.41, 5.74) is 3.34. The SMILES string of the molecule is O=S(=O)(c1cccc(Cl)c1)c1ccnc2c(C3=CCNCC3)c[nH]c12. The van der Waals surface area contributed by atoms with Crippen LogP contribution in [0.25, 0.3) is 16.6 Å². The summed E-state index contributed by atoms with van der Waals surface area (Å²) in [5.74, 6) is 0. The number of fused-ring (bicyclic) bond motifs is 1. The number of hydrogen-bond donors (Lipinski definition) is 2. The van der Waals surface area contributed by atoms with Gasteiger partial charge < -0.3 is 10.3 Å². The Balaban J connectivity index is 1.89. The molecule has 1 aliphatic rings. The van der Waals surface area contributed by atoms with Crippen molar-refractivity contribution in [3.8, 4) is 0 Å². The fraction of sp³-hybridized carbons (Fsp3) is 0.167. The highest BCUT2D eigenvalue weighted by atomic mass is 35.5. The molecule has 0 saturated carbocycles. The highest BCUT2D eigenvalue weighted by molar-refractivity contribution is 7.91. The number of nitrogens with one attached hydrogen (secondary N) is 2. The van der Waals surface area contributed by atoms with E-state index in [0.29, 0.717) is 16.1 Å². The van der Waals surface area contributed by atoms with Crippen LogP contribution in [0.3, 0.4) is 0 Å². The second-order valence-electron chi connectivity index (χ2n) is 5.88. The number of hydrogen-bond acceptors (Lipinski definition) is 4. The molecular formula is C18H16ClN3O2S. The maximum Gasteiger partial charge on any atom is 0.208 e. The Morgan fingerprint density at radius 2 is 2.08 bits per heavy atom. The third-order valence-electron chi connectivity index (χ3n) is 4.33. The molecular weight excluding hydrogens is 358 g/mol. The van der Waals surface area contributed by atoms with Crippen LogP contribution < -0.4 is 5.32 Å². The molecule has 1 aliphatic heterocycles. The van der Waals surface area contributed by atoms with E-state index in [-0.39, 0.29) is 9.79 Å². The molecule has 0 unspecified atom stereocenters. The Bertz CT molecular complexity index is 1090. The molecule has 0 amide bonds. The highest BCUT2D eigenvalue weighted by Gasteiger charge is 2.23. The Kier molecular flexibility index (Phi) is 4.11. The predicted molar refractivity (Wildman–Crippen MR) is 98.5 cm³/mol. The summed E-state index contributed by atoms with van der Waals surface area (Å²) in [5, 5.41) is 3.66. The van der Waals surface area contributed by atoms with Crippen molar-refractivity contribution in [3.63, 3.8) is 0 Å². The Labute approximate surface area is 150 Å². The summed E-state index contributed by atoms with van der Waals surface area (Å²) in [6.07, 6.45) is 6.39. The minimum absolute atomic E-state index is 0.171. The summed E-state index contributed by atoms with van der Waals surface area (Å²) in [4.78, 5) is 7.91. The lowest BCUT2D eigenvalue weighted by atomic mass is 10.0. The first-order valence-corrected chi connectivity index (χ1v) is 9.80. The van der Waals surface area contributed by atoms with Gasteiger partial charge in [-0.05, 0) is 42.8 Å². The molecule has 0 radical (unpaired) electrons. The lowest BCUT2D eigenvalue weighted by Gasteiger charge is -2.13. The zero-order valence-electron chi connectivity index (χ0n) is 13.3. The average molecular weight is 374 g/mol. The minimum Gasteiger partial charge on any atom is -0.358 e. The summed E-state index contributed by atoms with van der Waals surface area (Å²) < 4.78 is 26.1. The van der Waals surface area contributed by atoms with Crippen molar-refractivity contribution >= 4 is 38.0 Å². The van der Waals surface area contributed by atoms with Gasteiger partial charge in [-0.3, -0.25) is 4.98 Å². The topological polar surface area (TPSA) is 74.8 Å². The third-order valence-corrected chi connectivity index (χ3v) is 6.36. The van der Waals surface area contributed by atoms with E-state index >= 15 is 0 Å². The molecule has 4 rings (SSSR count). The van der Waals surface area contributed by atoms with Gasteiger partial charge in [0.2, 0.25) is 9.84 Å². The molecule has 2 N–H and O–H groups in total. The molecule has 3 aromatic rings. The summed E-state index contributed by atoms with van der Waals surface area (Å²) in [6, 6.07) is 7.82. The van der Waals surface area contributed by atoms with Crippen molar-refractivity contribution in [1.82, 2.24) is 15.3 Å². The first kappa shape index (κ1) is 16.3. The fourth-order valence-corrected chi connectivity index (χ4v) is 4.81. The number of aromatic nitrogens is 2. The number of nitrogens with zero attached hydrogens (tertiary/aromatic N) is 1. The van der Waals surface area contributed by atoms with Crippen molar-refractivity contribution in [1.29, 1.82) is 0 Å². The third kappa shape index (κ3) is 2.86. The standard InChI is InChI=1S/C18H16ClN3O2S/c19-13-2-1-3-14(10-13)25(23,24)16-6-9-21-17-15(11-22-18(16)17)12-4-7-20-8-5-12/h1-4,6,9-11,20,22H,5,7-8H2. The van der Waals surface area contributed by atoms with Gasteiger partial charge in [0.05, 0.1) is 20.8 Å². The normalized spacial score (nSPS) is 15.3. The van der Waals surface area contributed by atoms with E-state index in [0.717, 1.165) is 25.1 Å². The number of rotatable bonds is 3.